The molecule has 0 saturated heterocycles. The first kappa shape index (κ1) is 14.4. The van der Waals surface area contributed by atoms with Crippen molar-refractivity contribution in [1.82, 2.24) is 5.32 Å². The van der Waals surface area contributed by atoms with E-state index in [4.69, 9.17) is 0 Å². The molecular weight excluding hydrogens is 306 g/mol. The summed E-state index contributed by atoms with van der Waals surface area (Å²) < 4.78 is 1.26. The molecule has 0 aromatic heterocycles. The van der Waals surface area contributed by atoms with Crippen LogP contribution in [0, 0.1) is 0 Å². The normalized spacial score (nSPS) is 16.3. The van der Waals surface area contributed by atoms with Gasteiger partial charge in [0.15, 0.2) is 0 Å². The summed E-state index contributed by atoms with van der Waals surface area (Å²) in [5.41, 5.74) is 1.37. The van der Waals surface area contributed by atoms with E-state index in [2.05, 4.69) is 46.4 Å². The fourth-order valence-corrected chi connectivity index (χ4v) is 4.30. The highest BCUT2D eigenvalue weighted by molar-refractivity contribution is 9.10. The molecule has 2 rings (SSSR count). The predicted octanol–water partition coefficient (Wildman–Crippen LogP) is 4.98. The molecule has 1 aliphatic carbocycles. The Labute approximate surface area is 123 Å². The first-order chi connectivity index (χ1) is 8.79. The van der Waals surface area contributed by atoms with Crippen LogP contribution in [0.4, 0.5) is 0 Å². The smallest absolute Gasteiger partial charge is 0.0314 e. The molecule has 0 heterocycles. The van der Waals surface area contributed by atoms with Gasteiger partial charge in [0.2, 0.25) is 0 Å². The average molecular weight is 328 g/mol. The Kier molecular flexibility index (Phi) is 6.06. The van der Waals surface area contributed by atoms with Crippen molar-refractivity contribution < 1.29 is 0 Å². The lowest BCUT2D eigenvalue weighted by Gasteiger charge is -2.12. The van der Waals surface area contributed by atoms with E-state index in [1.54, 1.807) is 0 Å². The second-order valence-corrected chi connectivity index (χ2v) is 7.16. The van der Waals surface area contributed by atoms with Gasteiger partial charge in [0, 0.05) is 21.2 Å². The molecule has 1 aromatic carbocycles. The molecule has 0 aliphatic heterocycles. The summed E-state index contributed by atoms with van der Waals surface area (Å²) in [6, 6.07) is 6.79. The van der Waals surface area contributed by atoms with Gasteiger partial charge in [-0.3, -0.25) is 0 Å². The summed E-state index contributed by atoms with van der Waals surface area (Å²) in [6.45, 7) is 4.27. The van der Waals surface area contributed by atoms with E-state index in [1.165, 1.54) is 47.0 Å². The Morgan fingerprint density at radius 3 is 2.78 bits per heavy atom. The van der Waals surface area contributed by atoms with Crippen molar-refractivity contribution in [2.75, 3.05) is 6.54 Å². The maximum absolute atomic E-state index is 3.71. The maximum Gasteiger partial charge on any atom is 0.0314 e. The fourth-order valence-electron chi connectivity index (χ4n) is 2.35. The SMILES string of the molecule is CCCNCc1ccc(SC2CCCC2)c(Br)c1. The third-order valence-corrected chi connectivity index (χ3v) is 5.68. The number of hydrogen-bond acceptors (Lipinski definition) is 2. The predicted molar refractivity (Wildman–Crippen MR) is 84.3 cm³/mol. The van der Waals surface area contributed by atoms with Gasteiger partial charge in [0.1, 0.15) is 0 Å². The molecule has 1 N–H and O–H groups in total. The fraction of sp³-hybridized carbons (Fsp3) is 0.600. The number of thioether (sulfide) groups is 1. The number of hydrogen-bond donors (Lipinski definition) is 1. The van der Waals surface area contributed by atoms with Crippen molar-refractivity contribution in [1.29, 1.82) is 0 Å². The summed E-state index contributed by atoms with van der Waals surface area (Å²) in [6.07, 6.45) is 6.78. The Balaban J connectivity index is 1.91. The highest BCUT2D eigenvalue weighted by Crippen LogP contribution is 2.38. The van der Waals surface area contributed by atoms with E-state index in [0.29, 0.717) is 0 Å². The number of nitrogens with one attached hydrogen (secondary N) is 1. The van der Waals surface area contributed by atoms with Crippen molar-refractivity contribution in [2.24, 2.45) is 0 Å². The molecule has 3 heteroatoms. The lowest BCUT2D eigenvalue weighted by Crippen LogP contribution is -2.13. The number of benzene rings is 1. The molecule has 0 atom stereocenters. The van der Waals surface area contributed by atoms with Gasteiger partial charge in [-0.1, -0.05) is 25.8 Å². The van der Waals surface area contributed by atoms with Crippen LogP contribution in [-0.4, -0.2) is 11.8 Å². The van der Waals surface area contributed by atoms with Crippen LogP contribution in [-0.2, 0) is 6.54 Å². The highest BCUT2D eigenvalue weighted by atomic mass is 79.9. The Morgan fingerprint density at radius 1 is 1.33 bits per heavy atom. The molecule has 1 aromatic rings. The van der Waals surface area contributed by atoms with E-state index in [9.17, 15) is 0 Å². The molecule has 0 unspecified atom stereocenters. The van der Waals surface area contributed by atoms with Gasteiger partial charge in [0.05, 0.1) is 0 Å². The molecule has 0 radical (unpaired) electrons. The van der Waals surface area contributed by atoms with Gasteiger partial charge in [-0.25, -0.2) is 0 Å². The largest absolute Gasteiger partial charge is 0.313 e. The topological polar surface area (TPSA) is 12.0 Å². The summed E-state index contributed by atoms with van der Waals surface area (Å²) in [5.74, 6) is 0. The summed E-state index contributed by atoms with van der Waals surface area (Å²) in [5, 5.41) is 4.28. The van der Waals surface area contributed by atoms with Crippen LogP contribution in [0.2, 0.25) is 0 Å². The second-order valence-electron chi connectivity index (χ2n) is 4.97. The number of rotatable bonds is 6. The Morgan fingerprint density at radius 2 is 2.11 bits per heavy atom. The Hall–Kier alpha value is 0.01000. The van der Waals surface area contributed by atoms with Gasteiger partial charge in [0.25, 0.3) is 0 Å². The van der Waals surface area contributed by atoms with Crippen LogP contribution in [0.5, 0.6) is 0 Å². The zero-order valence-corrected chi connectivity index (χ0v) is 13.4. The van der Waals surface area contributed by atoms with Crippen molar-refractivity contribution >= 4 is 27.7 Å². The second kappa shape index (κ2) is 7.56. The van der Waals surface area contributed by atoms with Crippen LogP contribution in [0.25, 0.3) is 0 Å². The van der Waals surface area contributed by atoms with Crippen molar-refractivity contribution in [3.63, 3.8) is 0 Å². The molecule has 0 bridgehead atoms. The highest BCUT2D eigenvalue weighted by Gasteiger charge is 2.17. The first-order valence-electron chi connectivity index (χ1n) is 6.95. The zero-order valence-electron chi connectivity index (χ0n) is 11.0. The van der Waals surface area contributed by atoms with E-state index in [0.717, 1.165) is 18.3 Å². The van der Waals surface area contributed by atoms with Crippen LogP contribution in [0.3, 0.4) is 0 Å². The summed E-state index contributed by atoms with van der Waals surface area (Å²) in [4.78, 5) is 1.40. The van der Waals surface area contributed by atoms with Gasteiger partial charge in [-0.2, -0.15) is 0 Å². The molecular formula is C15H22BrNS. The molecule has 1 nitrogen and oxygen atoms in total. The van der Waals surface area contributed by atoms with Crippen LogP contribution >= 0.6 is 27.7 Å². The molecule has 0 spiro atoms. The lowest BCUT2D eigenvalue weighted by molar-refractivity contribution is 0.675. The minimum Gasteiger partial charge on any atom is -0.313 e. The minimum absolute atomic E-state index is 0.838. The standard InChI is InChI=1S/C15H22BrNS/c1-2-9-17-11-12-7-8-15(14(16)10-12)18-13-5-3-4-6-13/h7-8,10,13,17H,2-6,9,11H2,1H3. The first-order valence-corrected chi connectivity index (χ1v) is 8.62. The van der Waals surface area contributed by atoms with Crippen molar-refractivity contribution in [3.05, 3.63) is 28.2 Å². The third-order valence-electron chi connectivity index (χ3n) is 3.35. The van der Waals surface area contributed by atoms with E-state index < -0.39 is 0 Å². The quantitative estimate of drug-likeness (QED) is 0.739. The lowest BCUT2D eigenvalue weighted by atomic mass is 10.2. The maximum atomic E-state index is 3.71. The van der Waals surface area contributed by atoms with E-state index in [-0.39, 0.29) is 0 Å². The molecule has 0 amide bonds. The molecule has 1 saturated carbocycles. The average Bonchev–Trinajstić information content (AvgIpc) is 2.86. The Bertz CT molecular complexity index is 375. The number of halogens is 1. The molecule has 100 valence electrons. The van der Waals surface area contributed by atoms with Gasteiger partial charge in [-0.15, -0.1) is 11.8 Å². The van der Waals surface area contributed by atoms with E-state index >= 15 is 0 Å². The van der Waals surface area contributed by atoms with Gasteiger partial charge >= 0.3 is 0 Å². The van der Waals surface area contributed by atoms with Crippen molar-refractivity contribution in [2.45, 2.75) is 55.7 Å². The van der Waals surface area contributed by atoms with E-state index in [1.807, 2.05) is 11.8 Å². The van der Waals surface area contributed by atoms with Crippen LogP contribution in [0.15, 0.2) is 27.6 Å². The molecule has 1 aliphatic rings. The van der Waals surface area contributed by atoms with Gasteiger partial charge in [-0.05, 0) is 59.4 Å². The molecule has 1 fully saturated rings. The van der Waals surface area contributed by atoms with Crippen molar-refractivity contribution in [3.8, 4) is 0 Å². The summed E-state index contributed by atoms with van der Waals surface area (Å²) >= 11 is 5.76. The molecule has 18 heavy (non-hydrogen) atoms. The van der Waals surface area contributed by atoms with Crippen LogP contribution < -0.4 is 5.32 Å². The monoisotopic (exact) mass is 327 g/mol. The third kappa shape index (κ3) is 4.29. The zero-order chi connectivity index (χ0) is 12.8. The van der Waals surface area contributed by atoms with Crippen LogP contribution in [0.1, 0.15) is 44.6 Å². The van der Waals surface area contributed by atoms with Gasteiger partial charge < -0.3 is 5.32 Å². The minimum atomic E-state index is 0.838. The summed E-state index contributed by atoms with van der Waals surface area (Å²) in [7, 11) is 0.